The molecule has 3 rings (SSSR count). The van der Waals surface area contributed by atoms with E-state index in [1.807, 2.05) is 0 Å². The van der Waals surface area contributed by atoms with Crippen molar-refractivity contribution >= 4 is 24.3 Å². The standard InChI is InChI=1S/C15H25N7O4/c1-7(2)3-4-18-21-15-19-12(16)9-13(20-15)22(6-17-9)14-11(25)10(24)8(5-23)26-14/h4,6-11,13-14,23-25H,3,5H2,1-2H3,(H3,16,19,20,21)/b18-4-/t8?,9?,10-,11?,13?,14?/m1/s1. The first-order valence-corrected chi connectivity index (χ1v) is 8.55. The maximum Gasteiger partial charge on any atom is 0.242 e. The van der Waals surface area contributed by atoms with E-state index in [-0.39, 0.29) is 11.8 Å². The zero-order valence-electron chi connectivity index (χ0n) is 14.7. The van der Waals surface area contributed by atoms with Crippen LogP contribution in [0.15, 0.2) is 20.1 Å². The van der Waals surface area contributed by atoms with Crippen molar-refractivity contribution in [2.45, 2.75) is 57.0 Å². The Kier molecular flexibility index (Phi) is 5.51. The Bertz CT molecular complexity index is 635. The molecule has 6 N–H and O–H groups in total. The van der Waals surface area contributed by atoms with Gasteiger partial charge in [0, 0.05) is 6.21 Å². The zero-order chi connectivity index (χ0) is 18.8. The number of fused-ring (bicyclic) bond motifs is 1. The van der Waals surface area contributed by atoms with Crippen LogP contribution in [-0.2, 0) is 4.74 Å². The molecule has 3 heterocycles. The van der Waals surface area contributed by atoms with Crippen LogP contribution >= 0.6 is 0 Å². The minimum Gasteiger partial charge on any atom is -0.394 e. The number of rotatable bonds is 5. The average molecular weight is 367 g/mol. The quantitative estimate of drug-likeness (QED) is 0.272. The van der Waals surface area contributed by atoms with Gasteiger partial charge in [0.15, 0.2) is 12.4 Å². The molecule has 11 heteroatoms. The molecule has 0 amide bonds. The van der Waals surface area contributed by atoms with Crippen molar-refractivity contribution in [2.24, 2.45) is 31.7 Å². The average Bonchev–Trinajstić information content (AvgIpc) is 3.14. The monoisotopic (exact) mass is 367 g/mol. The molecule has 0 radical (unpaired) electrons. The summed E-state index contributed by atoms with van der Waals surface area (Å²) in [5.74, 6) is 0.973. The lowest BCUT2D eigenvalue weighted by Gasteiger charge is -2.32. The van der Waals surface area contributed by atoms with Crippen molar-refractivity contribution in [3.63, 3.8) is 0 Å². The van der Waals surface area contributed by atoms with E-state index in [1.165, 1.54) is 6.34 Å². The van der Waals surface area contributed by atoms with E-state index in [2.05, 4.69) is 39.4 Å². The molecule has 144 valence electrons. The number of nitrogens with zero attached hydrogens (tertiary/aromatic N) is 5. The zero-order valence-corrected chi connectivity index (χ0v) is 14.7. The molecule has 3 aliphatic heterocycles. The Balaban J connectivity index is 1.72. The van der Waals surface area contributed by atoms with Crippen LogP contribution in [0.3, 0.4) is 0 Å². The molecule has 1 saturated heterocycles. The molecule has 0 bridgehead atoms. The van der Waals surface area contributed by atoms with Gasteiger partial charge in [-0.15, -0.1) is 0 Å². The normalized spacial score (nSPS) is 36.6. The molecule has 0 aromatic rings. The summed E-state index contributed by atoms with van der Waals surface area (Å²) in [7, 11) is 0. The minimum absolute atomic E-state index is 0.228. The van der Waals surface area contributed by atoms with Crippen LogP contribution in [0.5, 0.6) is 0 Å². The van der Waals surface area contributed by atoms with E-state index in [0.29, 0.717) is 5.92 Å². The van der Waals surface area contributed by atoms with E-state index in [4.69, 9.17) is 10.5 Å². The highest BCUT2D eigenvalue weighted by Crippen LogP contribution is 2.29. The highest BCUT2D eigenvalue weighted by atomic mass is 16.6. The summed E-state index contributed by atoms with van der Waals surface area (Å²) in [5, 5.41) is 33.5. The van der Waals surface area contributed by atoms with E-state index < -0.39 is 43.4 Å². The lowest BCUT2D eigenvalue weighted by atomic mass is 10.1. The predicted octanol–water partition coefficient (Wildman–Crippen LogP) is -2.19. The number of amidine groups is 1. The Morgan fingerprint density at radius 3 is 2.85 bits per heavy atom. The highest BCUT2D eigenvalue weighted by molar-refractivity contribution is 6.01. The second-order valence-electron chi connectivity index (χ2n) is 6.84. The maximum absolute atomic E-state index is 10.2. The highest BCUT2D eigenvalue weighted by Gasteiger charge is 2.50. The lowest BCUT2D eigenvalue weighted by Crippen LogP contribution is -2.52. The topological polar surface area (TPSA) is 161 Å². The van der Waals surface area contributed by atoms with E-state index in [0.717, 1.165) is 6.42 Å². The molecule has 26 heavy (non-hydrogen) atoms. The van der Waals surface area contributed by atoms with Crippen LogP contribution in [0.2, 0.25) is 0 Å². The molecular weight excluding hydrogens is 342 g/mol. The molecule has 0 saturated carbocycles. The van der Waals surface area contributed by atoms with Gasteiger partial charge < -0.3 is 30.7 Å². The maximum atomic E-state index is 10.2. The SMILES string of the molecule is CC(C)C/C=N\NC1=NC2C(N=CN2C2OC(CO)[C@@H](O)C2O)C(N)=N1. The van der Waals surface area contributed by atoms with Crippen LogP contribution in [0.25, 0.3) is 0 Å². The van der Waals surface area contributed by atoms with Crippen molar-refractivity contribution in [2.75, 3.05) is 6.61 Å². The molecular formula is C15H25N7O4. The number of aliphatic hydroxyl groups is 3. The number of hydrogen-bond acceptors (Lipinski definition) is 11. The number of aliphatic imine (C=N–C) groups is 3. The van der Waals surface area contributed by atoms with Crippen molar-refractivity contribution in [1.29, 1.82) is 0 Å². The van der Waals surface area contributed by atoms with Crippen LogP contribution < -0.4 is 11.2 Å². The van der Waals surface area contributed by atoms with Crippen LogP contribution in [0, 0.1) is 5.92 Å². The molecule has 11 nitrogen and oxygen atoms in total. The van der Waals surface area contributed by atoms with Crippen molar-refractivity contribution in [3.8, 4) is 0 Å². The fourth-order valence-corrected chi connectivity index (χ4v) is 2.93. The molecule has 6 atom stereocenters. The molecule has 0 spiro atoms. The Labute approximate surface area is 151 Å². The van der Waals surface area contributed by atoms with Gasteiger partial charge in [0.2, 0.25) is 5.96 Å². The first kappa shape index (κ1) is 18.7. The summed E-state index contributed by atoms with van der Waals surface area (Å²) in [6.07, 6.45) is -0.766. The predicted molar refractivity (Wildman–Crippen MR) is 95.8 cm³/mol. The summed E-state index contributed by atoms with van der Waals surface area (Å²) in [6, 6.07) is -0.513. The first-order chi connectivity index (χ1) is 12.4. The van der Waals surface area contributed by atoms with Crippen LogP contribution in [0.1, 0.15) is 20.3 Å². The Morgan fingerprint density at radius 2 is 2.19 bits per heavy atom. The number of hydrazone groups is 1. The Morgan fingerprint density at radius 1 is 1.42 bits per heavy atom. The summed E-state index contributed by atoms with van der Waals surface area (Å²) >= 11 is 0. The number of ether oxygens (including phenoxy) is 1. The van der Waals surface area contributed by atoms with Gasteiger partial charge in [-0.05, 0) is 12.3 Å². The third kappa shape index (κ3) is 3.56. The van der Waals surface area contributed by atoms with Crippen molar-refractivity contribution in [1.82, 2.24) is 10.3 Å². The number of nitrogens with one attached hydrogen (secondary N) is 1. The third-order valence-electron chi connectivity index (χ3n) is 4.38. The largest absolute Gasteiger partial charge is 0.394 e. The Hall–Kier alpha value is -2.08. The van der Waals surface area contributed by atoms with E-state index in [9.17, 15) is 15.3 Å². The molecule has 5 unspecified atom stereocenters. The molecule has 0 aliphatic carbocycles. The van der Waals surface area contributed by atoms with Gasteiger partial charge >= 0.3 is 0 Å². The van der Waals surface area contributed by atoms with Crippen molar-refractivity contribution < 1.29 is 20.1 Å². The first-order valence-electron chi connectivity index (χ1n) is 8.55. The molecule has 0 aromatic heterocycles. The number of hydrogen-bond donors (Lipinski definition) is 5. The van der Waals surface area contributed by atoms with Crippen LogP contribution in [0.4, 0.5) is 0 Å². The van der Waals surface area contributed by atoms with Crippen molar-refractivity contribution in [3.05, 3.63) is 0 Å². The van der Waals surface area contributed by atoms with Gasteiger partial charge in [0.05, 0.1) is 12.9 Å². The van der Waals surface area contributed by atoms with Gasteiger partial charge in [-0.2, -0.15) is 10.1 Å². The van der Waals surface area contributed by atoms with Crippen LogP contribution in [-0.4, -0.2) is 87.9 Å². The minimum atomic E-state index is -1.21. The summed E-state index contributed by atoms with van der Waals surface area (Å²) in [6.45, 7) is 3.76. The fourth-order valence-electron chi connectivity index (χ4n) is 2.93. The second-order valence-corrected chi connectivity index (χ2v) is 6.84. The molecule has 3 aliphatic rings. The number of guanidine groups is 1. The van der Waals surface area contributed by atoms with E-state index >= 15 is 0 Å². The van der Waals surface area contributed by atoms with Gasteiger partial charge in [-0.3, -0.25) is 4.99 Å². The fraction of sp³-hybridized carbons (Fsp3) is 0.733. The lowest BCUT2D eigenvalue weighted by molar-refractivity contribution is -0.0779. The summed E-state index contributed by atoms with van der Waals surface area (Å²) in [4.78, 5) is 14.4. The van der Waals surface area contributed by atoms with Gasteiger partial charge in [0.1, 0.15) is 30.2 Å². The van der Waals surface area contributed by atoms with Gasteiger partial charge in [0.25, 0.3) is 0 Å². The summed E-state index contributed by atoms with van der Waals surface area (Å²) < 4.78 is 5.55. The smallest absolute Gasteiger partial charge is 0.242 e. The summed E-state index contributed by atoms with van der Waals surface area (Å²) in [5.41, 5.74) is 8.73. The number of aliphatic hydroxyl groups excluding tert-OH is 3. The van der Waals surface area contributed by atoms with Gasteiger partial charge in [-0.1, -0.05) is 13.8 Å². The van der Waals surface area contributed by atoms with E-state index in [1.54, 1.807) is 11.1 Å². The molecule has 0 aromatic carbocycles. The van der Waals surface area contributed by atoms with Gasteiger partial charge in [-0.25, -0.2) is 10.4 Å². The number of nitrogens with two attached hydrogens (primary N) is 1. The second kappa shape index (κ2) is 7.66. The third-order valence-corrected chi connectivity index (χ3v) is 4.38. The molecule has 1 fully saturated rings.